The highest BCUT2D eigenvalue weighted by molar-refractivity contribution is 5.91. The molecule has 0 spiro atoms. The van der Waals surface area contributed by atoms with Crippen LogP contribution in [0.15, 0.2) is 47.1 Å². The standard InChI is InChI=1S/C23H27N7O2/c1-4-23(2,3)30-21(25-26-27-30)20(18-8-5-7-17(15-18)16-24)28-10-12-29(13-11-28)22(31)19-9-6-14-32-19/h5-9,14-15,20H,4,10-13H2,1-3H3. The number of rotatable bonds is 6. The fraction of sp³-hybridized carbons (Fsp3) is 0.435. The minimum atomic E-state index is -0.263. The Morgan fingerprint density at radius 3 is 2.66 bits per heavy atom. The van der Waals surface area contributed by atoms with E-state index >= 15 is 0 Å². The van der Waals surface area contributed by atoms with Crippen molar-refractivity contribution in [2.45, 2.75) is 38.8 Å². The highest BCUT2D eigenvalue weighted by Gasteiger charge is 2.35. The first-order valence-electron chi connectivity index (χ1n) is 10.8. The van der Waals surface area contributed by atoms with Gasteiger partial charge in [-0.1, -0.05) is 19.1 Å². The van der Waals surface area contributed by atoms with Crippen molar-refractivity contribution in [2.75, 3.05) is 26.2 Å². The lowest BCUT2D eigenvalue weighted by Gasteiger charge is -2.39. The Labute approximate surface area is 187 Å². The summed E-state index contributed by atoms with van der Waals surface area (Å²) in [6, 6.07) is 13.0. The Bertz CT molecular complexity index is 1110. The van der Waals surface area contributed by atoms with Gasteiger partial charge in [-0.15, -0.1) is 5.10 Å². The zero-order valence-corrected chi connectivity index (χ0v) is 18.6. The molecular formula is C23H27N7O2. The molecule has 1 atom stereocenters. The van der Waals surface area contributed by atoms with Crippen LogP contribution in [0.4, 0.5) is 0 Å². The smallest absolute Gasteiger partial charge is 0.289 e. The van der Waals surface area contributed by atoms with Gasteiger partial charge in [0.15, 0.2) is 11.6 Å². The largest absolute Gasteiger partial charge is 0.459 e. The third-order valence-electron chi connectivity index (χ3n) is 6.21. The SMILES string of the molecule is CCC(C)(C)n1nnnc1C(c1cccc(C#N)c1)N1CCN(C(=O)c2ccco2)CC1. The number of nitrogens with zero attached hydrogens (tertiary/aromatic N) is 7. The summed E-state index contributed by atoms with van der Waals surface area (Å²) in [5.74, 6) is 0.984. The average molecular weight is 434 g/mol. The molecule has 0 bridgehead atoms. The van der Waals surface area contributed by atoms with Crippen molar-refractivity contribution < 1.29 is 9.21 Å². The summed E-state index contributed by atoms with van der Waals surface area (Å²) in [6.45, 7) is 8.74. The first kappa shape index (κ1) is 21.7. The van der Waals surface area contributed by atoms with Gasteiger partial charge in [-0.3, -0.25) is 9.69 Å². The molecule has 1 unspecified atom stereocenters. The number of tetrazole rings is 1. The van der Waals surface area contributed by atoms with E-state index in [-0.39, 0.29) is 17.5 Å². The first-order chi connectivity index (χ1) is 15.4. The van der Waals surface area contributed by atoms with E-state index in [4.69, 9.17) is 4.42 Å². The number of nitriles is 1. The lowest BCUT2D eigenvalue weighted by atomic mass is 9.98. The van der Waals surface area contributed by atoms with Crippen molar-refractivity contribution >= 4 is 5.91 Å². The average Bonchev–Trinajstić information content (AvgIpc) is 3.52. The molecule has 2 aromatic heterocycles. The zero-order chi connectivity index (χ0) is 22.7. The summed E-state index contributed by atoms with van der Waals surface area (Å²) in [5.41, 5.74) is 1.28. The molecule has 1 aliphatic heterocycles. The van der Waals surface area contributed by atoms with Crippen molar-refractivity contribution in [1.29, 1.82) is 5.26 Å². The van der Waals surface area contributed by atoms with Crippen LogP contribution in [-0.4, -0.2) is 62.1 Å². The van der Waals surface area contributed by atoms with Gasteiger partial charge in [0, 0.05) is 26.2 Å². The molecule has 1 aliphatic rings. The van der Waals surface area contributed by atoms with E-state index in [1.54, 1.807) is 23.1 Å². The number of furan rings is 1. The molecule has 3 heterocycles. The van der Waals surface area contributed by atoms with E-state index in [0.29, 0.717) is 37.5 Å². The maximum Gasteiger partial charge on any atom is 0.289 e. The van der Waals surface area contributed by atoms with Crippen molar-refractivity contribution in [3.63, 3.8) is 0 Å². The third-order valence-corrected chi connectivity index (χ3v) is 6.21. The first-order valence-corrected chi connectivity index (χ1v) is 10.8. The molecule has 0 saturated carbocycles. The quantitative estimate of drug-likeness (QED) is 0.589. The monoisotopic (exact) mass is 433 g/mol. The number of piperazine rings is 1. The van der Waals surface area contributed by atoms with Crippen molar-refractivity contribution in [2.24, 2.45) is 0 Å². The molecule has 0 radical (unpaired) electrons. The molecule has 1 saturated heterocycles. The maximum absolute atomic E-state index is 12.7. The van der Waals surface area contributed by atoms with Crippen LogP contribution < -0.4 is 0 Å². The van der Waals surface area contributed by atoms with Gasteiger partial charge in [0.2, 0.25) is 0 Å². The molecule has 1 aromatic carbocycles. The molecule has 0 N–H and O–H groups in total. The van der Waals surface area contributed by atoms with Crippen LogP contribution in [0.25, 0.3) is 0 Å². The molecule has 1 amide bonds. The van der Waals surface area contributed by atoms with Crippen molar-refractivity contribution in [3.8, 4) is 6.07 Å². The summed E-state index contributed by atoms with van der Waals surface area (Å²) in [7, 11) is 0. The molecular weight excluding hydrogens is 406 g/mol. The molecule has 4 rings (SSSR count). The summed E-state index contributed by atoms with van der Waals surface area (Å²) >= 11 is 0. The van der Waals surface area contributed by atoms with E-state index in [1.807, 2.05) is 22.9 Å². The fourth-order valence-corrected chi connectivity index (χ4v) is 3.99. The minimum absolute atomic E-state index is 0.102. The van der Waals surface area contributed by atoms with Crippen LogP contribution in [0.5, 0.6) is 0 Å². The van der Waals surface area contributed by atoms with Gasteiger partial charge in [-0.05, 0) is 60.5 Å². The highest BCUT2D eigenvalue weighted by Crippen LogP contribution is 2.32. The van der Waals surface area contributed by atoms with Gasteiger partial charge in [-0.25, -0.2) is 4.68 Å². The second kappa shape index (κ2) is 8.93. The summed E-state index contributed by atoms with van der Waals surface area (Å²) in [6.07, 6.45) is 2.37. The van der Waals surface area contributed by atoms with Crippen LogP contribution >= 0.6 is 0 Å². The molecule has 0 aliphatic carbocycles. The Morgan fingerprint density at radius 2 is 2.00 bits per heavy atom. The lowest BCUT2D eigenvalue weighted by Crippen LogP contribution is -2.50. The number of hydrogen-bond donors (Lipinski definition) is 0. The van der Waals surface area contributed by atoms with Gasteiger partial charge in [0.25, 0.3) is 5.91 Å². The van der Waals surface area contributed by atoms with Crippen LogP contribution in [-0.2, 0) is 5.54 Å². The summed E-state index contributed by atoms with van der Waals surface area (Å²) < 4.78 is 7.16. The third kappa shape index (κ3) is 4.14. The minimum Gasteiger partial charge on any atom is -0.459 e. The predicted molar refractivity (Wildman–Crippen MR) is 117 cm³/mol. The van der Waals surface area contributed by atoms with Crippen molar-refractivity contribution in [1.82, 2.24) is 30.0 Å². The molecule has 1 fully saturated rings. The number of hydrogen-bond acceptors (Lipinski definition) is 7. The summed E-state index contributed by atoms with van der Waals surface area (Å²) in [4.78, 5) is 16.8. The highest BCUT2D eigenvalue weighted by atomic mass is 16.3. The van der Waals surface area contributed by atoms with Crippen LogP contribution in [0.2, 0.25) is 0 Å². The number of benzene rings is 1. The van der Waals surface area contributed by atoms with Crippen LogP contribution in [0, 0.1) is 11.3 Å². The number of carbonyl (C=O) groups is 1. The molecule has 9 nitrogen and oxygen atoms in total. The normalized spacial score (nSPS) is 16.0. The Balaban J connectivity index is 1.65. The molecule has 9 heteroatoms. The molecule has 32 heavy (non-hydrogen) atoms. The molecule has 166 valence electrons. The van der Waals surface area contributed by atoms with Gasteiger partial charge < -0.3 is 9.32 Å². The van der Waals surface area contributed by atoms with Gasteiger partial charge in [-0.2, -0.15) is 5.26 Å². The van der Waals surface area contributed by atoms with E-state index in [9.17, 15) is 10.1 Å². The number of carbonyl (C=O) groups excluding carboxylic acids is 1. The van der Waals surface area contributed by atoms with E-state index in [0.717, 1.165) is 17.8 Å². The Kier molecular flexibility index (Phi) is 6.06. The molecule has 3 aromatic rings. The van der Waals surface area contributed by atoms with E-state index in [1.165, 1.54) is 6.26 Å². The van der Waals surface area contributed by atoms with E-state index in [2.05, 4.69) is 47.3 Å². The van der Waals surface area contributed by atoms with Gasteiger partial charge >= 0.3 is 0 Å². The van der Waals surface area contributed by atoms with E-state index < -0.39 is 0 Å². The lowest BCUT2D eigenvalue weighted by molar-refractivity contribution is 0.0555. The van der Waals surface area contributed by atoms with Crippen molar-refractivity contribution in [3.05, 3.63) is 65.4 Å². The maximum atomic E-state index is 12.7. The second-order valence-electron chi connectivity index (χ2n) is 8.56. The van der Waals surface area contributed by atoms with Gasteiger partial charge in [0.1, 0.15) is 0 Å². The Morgan fingerprint density at radius 1 is 1.22 bits per heavy atom. The second-order valence-corrected chi connectivity index (χ2v) is 8.56. The van der Waals surface area contributed by atoms with Gasteiger partial charge in [0.05, 0.1) is 29.5 Å². The van der Waals surface area contributed by atoms with Crippen LogP contribution in [0.1, 0.15) is 60.7 Å². The zero-order valence-electron chi connectivity index (χ0n) is 18.6. The fourth-order valence-electron chi connectivity index (χ4n) is 3.99. The van der Waals surface area contributed by atoms with Crippen LogP contribution in [0.3, 0.4) is 0 Å². The number of amides is 1. The predicted octanol–water partition coefficient (Wildman–Crippen LogP) is 2.83. The topological polar surface area (TPSA) is 104 Å². The number of aromatic nitrogens is 4. The Hall–Kier alpha value is -3.51. The summed E-state index contributed by atoms with van der Waals surface area (Å²) in [5, 5.41) is 22.1.